The summed E-state index contributed by atoms with van der Waals surface area (Å²) in [5.74, 6) is 0. The fraction of sp³-hybridized carbons (Fsp3) is 0.333. The van der Waals surface area contributed by atoms with Gasteiger partial charge in [0.15, 0.2) is 0 Å². The van der Waals surface area contributed by atoms with Crippen molar-refractivity contribution in [3.05, 3.63) is 35.9 Å². The average molecular weight is 420 g/mol. The van der Waals surface area contributed by atoms with Crippen molar-refractivity contribution in [2.75, 3.05) is 26.3 Å². The van der Waals surface area contributed by atoms with Gasteiger partial charge >= 0.3 is 20.2 Å². The van der Waals surface area contributed by atoms with E-state index in [2.05, 4.69) is 15.2 Å². The van der Waals surface area contributed by atoms with Crippen LogP contribution in [0, 0.1) is 6.92 Å². The minimum Gasteiger partial charge on any atom is -0.395 e. The molecule has 0 saturated carbocycles. The zero-order valence-corrected chi connectivity index (χ0v) is 16.0. The first-order valence-electron chi connectivity index (χ1n) is 7.81. The molecule has 150 valence electrons. The molecule has 10 nitrogen and oxygen atoms in total. The van der Waals surface area contributed by atoms with Gasteiger partial charge in [-0.25, -0.2) is 0 Å². The highest BCUT2D eigenvalue weighted by molar-refractivity contribution is 7.87. The quantitative estimate of drug-likeness (QED) is 0.294. The number of fused-ring (bicyclic) bond motifs is 1. The van der Waals surface area contributed by atoms with Crippen molar-refractivity contribution in [2.45, 2.75) is 16.7 Å². The van der Waals surface area contributed by atoms with Crippen LogP contribution in [0.1, 0.15) is 5.56 Å². The van der Waals surface area contributed by atoms with E-state index in [9.17, 15) is 16.8 Å². The second-order valence-corrected chi connectivity index (χ2v) is 8.37. The van der Waals surface area contributed by atoms with Crippen LogP contribution in [0.15, 0.2) is 40.1 Å². The second-order valence-electron chi connectivity index (χ2n) is 5.37. The summed E-state index contributed by atoms with van der Waals surface area (Å²) in [4.78, 5) is -0.448. The van der Waals surface area contributed by atoms with E-state index in [1.165, 1.54) is 30.3 Å². The summed E-state index contributed by atoms with van der Waals surface area (Å²) in [6.07, 6.45) is 0. The van der Waals surface area contributed by atoms with Gasteiger partial charge in [0, 0.05) is 23.9 Å². The Balaban J connectivity index is 2.58. The van der Waals surface area contributed by atoms with Crippen molar-refractivity contribution in [3.63, 3.8) is 0 Å². The fourth-order valence-corrected chi connectivity index (χ4v) is 4.63. The molecule has 0 aliphatic rings. The first-order chi connectivity index (χ1) is 12.7. The van der Waals surface area contributed by atoms with Gasteiger partial charge in [0.25, 0.3) is 0 Å². The van der Waals surface area contributed by atoms with Crippen LogP contribution in [0.4, 0.5) is 0 Å². The van der Waals surface area contributed by atoms with E-state index in [1.54, 1.807) is 6.92 Å². The number of hydroxylamine groups is 2. The standard InChI is InChI=1S/C15H20N2O8S2/c1-11-5-6-12-13(15(11)27(22,23)25-17-8-10-19)3-2-4-14(12)26(20,21)24-16-7-9-18/h2-6,16-19H,7-10H2,1H3. The number of hydrogen-bond donors (Lipinski definition) is 4. The lowest BCUT2D eigenvalue weighted by molar-refractivity contribution is 0.170. The summed E-state index contributed by atoms with van der Waals surface area (Å²) < 4.78 is 59.2. The molecule has 0 aromatic heterocycles. The third-order valence-corrected chi connectivity index (χ3v) is 6.06. The summed E-state index contributed by atoms with van der Waals surface area (Å²) >= 11 is 0. The predicted octanol–water partition coefficient (Wildman–Crippen LogP) is -0.447. The highest BCUT2D eigenvalue weighted by Crippen LogP contribution is 2.32. The number of aliphatic hydroxyl groups is 2. The first kappa shape index (κ1) is 21.7. The number of aryl methyl sites for hydroxylation is 1. The largest absolute Gasteiger partial charge is 0.395 e. The van der Waals surface area contributed by atoms with Crippen molar-refractivity contribution in [1.82, 2.24) is 11.0 Å². The van der Waals surface area contributed by atoms with Crippen LogP contribution in [0.2, 0.25) is 0 Å². The third kappa shape index (κ3) is 5.00. The van der Waals surface area contributed by atoms with Crippen molar-refractivity contribution in [3.8, 4) is 0 Å². The van der Waals surface area contributed by atoms with Crippen LogP contribution in [-0.4, -0.2) is 53.4 Å². The lowest BCUT2D eigenvalue weighted by Gasteiger charge is -2.14. The molecule has 0 spiro atoms. The lowest BCUT2D eigenvalue weighted by atomic mass is 10.1. The molecule has 12 heteroatoms. The van der Waals surface area contributed by atoms with E-state index in [-0.39, 0.29) is 46.9 Å². The number of benzene rings is 2. The maximum absolute atomic E-state index is 12.5. The zero-order chi connectivity index (χ0) is 20.1. The topological polar surface area (TPSA) is 151 Å². The van der Waals surface area contributed by atoms with E-state index < -0.39 is 20.2 Å². The normalized spacial score (nSPS) is 12.6. The van der Waals surface area contributed by atoms with Gasteiger partial charge in [-0.3, -0.25) is 0 Å². The summed E-state index contributed by atoms with van der Waals surface area (Å²) in [7, 11) is -8.54. The molecule has 0 aliphatic heterocycles. The van der Waals surface area contributed by atoms with Gasteiger partial charge in [0.05, 0.1) is 13.2 Å². The van der Waals surface area contributed by atoms with Crippen molar-refractivity contribution < 1.29 is 35.6 Å². The summed E-state index contributed by atoms with van der Waals surface area (Å²) in [6.45, 7) is 0.678. The van der Waals surface area contributed by atoms with Gasteiger partial charge in [-0.2, -0.15) is 36.4 Å². The van der Waals surface area contributed by atoms with E-state index in [1.807, 2.05) is 0 Å². The summed E-state index contributed by atoms with van der Waals surface area (Å²) in [6, 6.07) is 7.02. The molecule has 0 aliphatic carbocycles. The van der Waals surface area contributed by atoms with E-state index in [4.69, 9.17) is 14.5 Å². The molecule has 0 bridgehead atoms. The molecule has 2 aromatic carbocycles. The Bertz CT molecular complexity index is 1010. The number of aliphatic hydroxyl groups excluding tert-OH is 2. The smallest absolute Gasteiger partial charge is 0.313 e. The maximum atomic E-state index is 12.5. The SMILES string of the molecule is Cc1ccc2c(S(=O)(=O)ONCCO)cccc2c1S(=O)(=O)ONCCO. The van der Waals surface area contributed by atoms with E-state index in [0.717, 1.165) is 0 Å². The molecule has 0 heterocycles. The van der Waals surface area contributed by atoms with Gasteiger partial charge < -0.3 is 10.2 Å². The van der Waals surface area contributed by atoms with Gasteiger partial charge in [-0.1, -0.05) is 24.3 Å². The molecule has 27 heavy (non-hydrogen) atoms. The predicted molar refractivity (Wildman–Crippen MR) is 95.4 cm³/mol. The average Bonchev–Trinajstić information content (AvgIpc) is 2.61. The molecule has 0 atom stereocenters. The summed E-state index contributed by atoms with van der Waals surface area (Å²) in [5.41, 5.74) is 4.59. The van der Waals surface area contributed by atoms with Crippen LogP contribution in [0.25, 0.3) is 10.8 Å². The van der Waals surface area contributed by atoms with Gasteiger partial charge in [0.2, 0.25) is 0 Å². The van der Waals surface area contributed by atoms with Crippen LogP contribution in [-0.2, 0) is 28.8 Å². The Morgan fingerprint density at radius 2 is 1.44 bits per heavy atom. The molecule has 4 N–H and O–H groups in total. The monoisotopic (exact) mass is 420 g/mol. The van der Waals surface area contributed by atoms with Crippen molar-refractivity contribution >= 4 is 31.0 Å². The van der Waals surface area contributed by atoms with Crippen LogP contribution >= 0.6 is 0 Å². The molecule has 0 saturated heterocycles. The first-order valence-corrected chi connectivity index (χ1v) is 10.6. The zero-order valence-electron chi connectivity index (χ0n) is 14.4. The maximum Gasteiger partial charge on any atom is 0.313 e. The molecular weight excluding hydrogens is 400 g/mol. The van der Waals surface area contributed by atoms with Crippen LogP contribution in [0.5, 0.6) is 0 Å². The molecule has 0 amide bonds. The Labute approximate surface area is 156 Å². The third-order valence-electron chi connectivity index (χ3n) is 3.45. The molecule has 2 rings (SSSR count). The highest BCUT2D eigenvalue weighted by atomic mass is 32.2. The van der Waals surface area contributed by atoms with Gasteiger partial charge in [-0.05, 0) is 18.6 Å². The Morgan fingerprint density at radius 1 is 0.852 bits per heavy atom. The molecule has 0 fully saturated rings. The highest BCUT2D eigenvalue weighted by Gasteiger charge is 2.25. The van der Waals surface area contributed by atoms with Gasteiger partial charge in [0.1, 0.15) is 9.79 Å². The number of hydrogen-bond acceptors (Lipinski definition) is 10. The summed E-state index contributed by atoms with van der Waals surface area (Å²) in [5, 5.41) is 17.7. The number of nitrogens with one attached hydrogen (secondary N) is 2. The number of rotatable bonds is 10. The molecule has 0 unspecified atom stereocenters. The van der Waals surface area contributed by atoms with Crippen molar-refractivity contribution in [1.29, 1.82) is 0 Å². The Morgan fingerprint density at radius 3 is 2.04 bits per heavy atom. The molecule has 2 aromatic rings. The minimum atomic E-state index is -4.28. The lowest BCUT2D eigenvalue weighted by Crippen LogP contribution is -2.24. The second kappa shape index (κ2) is 9.03. The fourth-order valence-electron chi connectivity index (χ4n) is 2.38. The minimum absolute atomic E-state index is 0.104. The molecule has 0 radical (unpaired) electrons. The van der Waals surface area contributed by atoms with Crippen LogP contribution < -0.4 is 11.0 Å². The molecular formula is C15H20N2O8S2. The van der Waals surface area contributed by atoms with E-state index >= 15 is 0 Å². The Hall–Kier alpha value is -1.64. The van der Waals surface area contributed by atoms with E-state index in [0.29, 0.717) is 5.56 Å². The van der Waals surface area contributed by atoms with Gasteiger partial charge in [-0.15, -0.1) is 0 Å². The van der Waals surface area contributed by atoms with Crippen LogP contribution in [0.3, 0.4) is 0 Å². The van der Waals surface area contributed by atoms with Crippen molar-refractivity contribution in [2.24, 2.45) is 0 Å². The Kier molecular flexibility index (Phi) is 7.25.